The predicted molar refractivity (Wildman–Crippen MR) is 96.9 cm³/mol. The van der Waals surface area contributed by atoms with E-state index >= 15 is 0 Å². The summed E-state index contributed by atoms with van der Waals surface area (Å²) >= 11 is 0. The molecular formula is C19H23NO3S. The molecule has 24 heavy (non-hydrogen) atoms. The van der Waals surface area contributed by atoms with Gasteiger partial charge in [-0.3, -0.25) is 4.90 Å². The molecule has 0 aliphatic rings. The summed E-state index contributed by atoms with van der Waals surface area (Å²) in [5.74, 6) is 0.860. The third-order valence-corrected chi connectivity index (χ3v) is 4.86. The van der Waals surface area contributed by atoms with E-state index in [1.165, 1.54) is 6.26 Å². The van der Waals surface area contributed by atoms with Gasteiger partial charge in [-0.15, -0.1) is 6.58 Å². The van der Waals surface area contributed by atoms with Crippen molar-refractivity contribution < 1.29 is 13.2 Å². The molecule has 0 saturated carbocycles. The molecule has 0 aromatic heterocycles. The molecule has 2 aromatic carbocycles. The summed E-state index contributed by atoms with van der Waals surface area (Å²) in [7, 11) is -1.49. The Balaban J connectivity index is 2.15. The fourth-order valence-corrected chi connectivity index (χ4v) is 3.17. The van der Waals surface area contributed by atoms with Gasteiger partial charge in [-0.25, -0.2) is 8.42 Å². The number of benzene rings is 2. The van der Waals surface area contributed by atoms with Crippen molar-refractivity contribution in [3.05, 3.63) is 72.3 Å². The highest BCUT2D eigenvalue weighted by Crippen LogP contribution is 2.20. The Labute approximate surface area is 144 Å². The SMILES string of the molecule is C=CCN(Cc1ccc(S(C)(=O)=O)cc1)Cc1ccccc1OC. The van der Waals surface area contributed by atoms with Crippen molar-refractivity contribution in [3.8, 4) is 5.75 Å². The van der Waals surface area contributed by atoms with Gasteiger partial charge in [0.1, 0.15) is 5.75 Å². The number of hydrogen-bond donors (Lipinski definition) is 0. The Hall–Kier alpha value is -2.11. The van der Waals surface area contributed by atoms with E-state index in [4.69, 9.17) is 4.74 Å². The van der Waals surface area contributed by atoms with Crippen LogP contribution in [0, 0.1) is 0 Å². The van der Waals surface area contributed by atoms with Crippen LogP contribution in [0.5, 0.6) is 5.75 Å². The molecule has 0 aliphatic heterocycles. The Bertz CT molecular complexity index is 783. The van der Waals surface area contributed by atoms with Crippen LogP contribution in [0.4, 0.5) is 0 Å². The van der Waals surface area contributed by atoms with Crippen LogP contribution >= 0.6 is 0 Å². The van der Waals surface area contributed by atoms with Gasteiger partial charge in [-0.2, -0.15) is 0 Å². The monoisotopic (exact) mass is 345 g/mol. The molecule has 0 aliphatic carbocycles. The van der Waals surface area contributed by atoms with E-state index in [9.17, 15) is 8.42 Å². The standard InChI is InChI=1S/C19H23NO3S/c1-4-13-20(15-17-7-5-6-8-19(17)23-2)14-16-9-11-18(12-10-16)24(3,21)22/h4-12H,1,13-15H2,2-3H3. The number of ether oxygens (including phenoxy) is 1. The van der Waals surface area contributed by atoms with E-state index in [1.807, 2.05) is 42.5 Å². The number of methoxy groups -OCH3 is 1. The average Bonchev–Trinajstić information content (AvgIpc) is 2.55. The first-order valence-corrected chi connectivity index (χ1v) is 9.57. The normalized spacial score (nSPS) is 11.5. The second kappa shape index (κ2) is 8.13. The largest absolute Gasteiger partial charge is 0.496 e. The molecule has 0 bridgehead atoms. The lowest BCUT2D eigenvalue weighted by Gasteiger charge is -2.22. The van der Waals surface area contributed by atoms with Crippen LogP contribution in [-0.2, 0) is 22.9 Å². The van der Waals surface area contributed by atoms with E-state index < -0.39 is 9.84 Å². The quantitative estimate of drug-likeness (QED) is 0.689. The van der Waals surface area contributed by atoms with E-state index in [0.29, 0.717) is 11.4 Å². The number of rotatable bonds is 8. The smallest absolute Gasteiger partial charge is 0.175 e. The highest BCUT2D eigenvalue weighted by molar-refractivity contribution is 7.90. The van der Waals surface area contributed by atoms with Crippen molar-refractivity contribution >= 4 is 9.84 Å². The number of hydrogen-bond acceptors (Lipinski definition) is 4. The minimum atomic E-state index is -3.16. The predicted octanol–water partition coefficient (Wildman–Crippen LogP) is 3.29. The molecule has 4 nitrogen and oxygen atoms in total. The zero-order valence-electron chi connectivity index (χ0n) is 14.1. The summed E-state index contributed by atoms with van der Waals surface area (Å²) in [6.07, 6.45) is 3.08. The minimum Gasteiger partial charge on any atom is -0.496 e. The first-order valence-electron chi connectivity index (χ1n) is 7.68. The van der Waals surface area contributed by atoms with Crippen molar-refractivity contribution in [2.45, 2.75) is 18.0 Å². The summed E-state index contributed by atoms with van der Waals surface area (Å²) in [5.41, 5.74) is 2.16. The summed E-state index contributed by atoms with van der Waals surface area (Å²) in [6.45, 7) is 5.98. The highest BCUT2D eigenvalue weighted by Gasteiger charge is 2.11. The molecule has 5 heteroatoms. The molecule has 0 spiro atoms. The van der Waals surface area contributed by atoms with E-state index in [0.717, 1.165) is 30.0 Å². The van der Waals surface area contributed by atoms with Gasteiger partial charge in [0, 0.05) is 31.5 Å². The summed E-state index contributed by atoms with van der Waals surface area (Å²) in [6, 6.07) is 14.9. The molecule has 0 N–H and O–H groups in total. The molecular weight excluding hydrogens is 322 g/mol. The maximum Gasteiger partial charge on any atom is 0.175 e. The Kier molecular flexibility index (Phi) is 6.17. The van der Waals surface area contributed by atoms with Gasteiger partial charge >= 0.3 is 0 Å². The van der Waals surface area contributed by atoms with E-state index in [1.54, 1.807) is 19.2 Å². The Morgan fingerprint density at radius 1 is 1.08 bits per heavy atom. The van der Waals surface area contributed by atoms with Gasteiger partial charge in [0.15, 0.2) is 9.84 Å². The van der Waals surface area contributed by atoms with Crippen LogP contribution in [0.2, 0.25) is 0 Å². The van der Waals surface area contributed by atoms with Crippen LogP contribution in [0.25, 0.3) is 0 Å². The lowest BCUT2D eigenvalue weighted by atomic mass is 10.1. The molecule has 0 unspecified atom stereocenters. The maximum absolute atomic E-state index is 11.5. The molecule has 128 valence electrons. The number of nitrogens with zero attached hydrogens (tertiary/aromatic N) is 1. The summed E-state index contributed by atoms with van der Waals surface area (Å²) in [4.78, 5) is 2.56. The molecule has 0 fully saturated rings. The molecule has 0 atom stereocenters. The Morgan fingerprint density at radius 2 is 1.75 bits per heavy atom. The lowest BCUT2D eigenvalue weighted by Crippen LogP contribution is -2.23. The zero-order valence-corrected chi connectivity index (χ0v) is 14.9. The van der Waals surface area contributed by atoms with Gasteiger partial charge in [0.25, 0.3) is 0 Å². The van der Waals surface area contributed by atoms with E-state index in [2.05, 4.69) is 11.5 Å². The van der Waals surface area contributed by atoms with Gasteiger partial charge in [-0.1, -0.05) is 36.4 Å². The fourth-order valence-electron chi connectivity index (χ4n) is 2.54. The molecule has 2 aromatic rings. The molecule has 0 saturated heterocycles. The molecule has 0 radical (unpaired) electrons. The van der Waals surface area contributed by atoms with Crippen molar-refractivity contribution in [1.82, 2.24) is 4.90 Å². The van der Waals surface area contributed by atoms with Gasteiger partial charge < -0.3 is 4.74 Å². The van der Waals surface area contributed by atoms with E-state index in [-0.39, 0.29) is 0 Å². The average molecular weight is 345 g/mol. The minimum absolute atomic E-state index is 0.339. The van der Waals surface area contributed by atoms with Gasteiger partial charge in [0.05, 0.1) is 12.0 Å². The third-order valence-electron chi connectivity index (χ3n) is 3.73. The van der Waals surface area contributed by atoms with Crippen LogP contribution in [0.15, 0.2) is 66.1 Å². The summed E-state index contributed by atoms with van der Waals surface area (Å²) < 4.78 is 28.5. The zero-order chi connectivity index (χ0) is 17.6. The van der Waals surface area contributed by atoms with Crippen molar-refractivity contribution in [1.29, 1.82) is 0 Å². The Morgan fingerprint density at radius 3 is 2.33 bits per heavy atom. The highest BCUT2D eigenvalue weighted by atomic mass is 32.2. The second-order valence-electron chi connectivity index (χ2n) is 5.69. The molecule has 2 rings (SSSR count). The number of sulfone groups is 1. The molecule has 0 amide bonds. The lowest BCUT2D eigenvalue weighted by molar-refractivity contribution is 0.280. The topological polar surface area (TPSA) is 46.6 Å². The number of para-hydroxylation sites is 1. The van der Waals surface area contributed by atoms with Crippen molar-refractivity contribution in [2.24, 2.45) is 0 Å². The van der Waals surface area contributed by atoms with Crippen LogP contribution in [0.3, 0.4) is 0 Å². The van der Waals surface area contributed by atoms with Crippen molar-refractivity contribution in [3.63, 3.8) is 0 Å². The van der Waals surface area contributed by atoms with Crippen LogP contribution < -0.4 is 4.74 Å². The first-order chi connectivity index (χ1) is 11.4. The van der Waals surface area contributed by atoms with Gasteiger partial charge in [-0.05, 0) is 23.8 Å². The second-order valence-corrected chi connectivity index (χ2v) is 7.70. The molecule has 0 heterocycles. The van der Waals surface area contributed by atoms with Gasteiger partial charge in [0.2, 0.25) is 0 Å². The van der Waals surface area contributed by atoms with Crippen LogP contribution in [0.1, 0.15) is 11.1 Å². The van der Waals surface area contributed by atoms with Crippen LogP contribution in [-0.4, -0.2) is 33.2 Å². The fraction of sp³-hybridized carbons (Fsp3) is 0.263. The third kappa shape index (κ3) is 4.94. The maximum atomic E-state index is 11.5. The van der Waals surface area contributed by atoms with Crippen molar-refractivity contribution in [2.75, 3.05) is 19.9 Å². The first kappa shape index (κ1) is 18.2. The summed E-state index contributed by atoms with van der Waals surface area (Å²) in [5, 5.41) is 0.